The number of morpholine rings is 1. The molecular formula is C12H16ClN7O. The highest BCUT2D eigenvalue weighted by Crippen LogP contribution is 2.11. The maximum atomic E-state index is 5.49. The van der Waals surface area contributed by atoms with Gasteiger partial charge < -0.3 is 21.1 Å². The topological polar surface area (TPSA) is 116 Å². The second-order valence-electron chi connectivity index (χ2n) is 4.11. The minimum absolute atomic E-state index is 0.206. The number of nitrogens with two attached hydrogens (primary N) is 2. The lowest BCUT2D eigenvalue weighted by molar-refractivity contribution is 0.122. The van der Waals surface area contributed by atoms with E-state index in [1.807, 2.05) is 6.07 Å². The van der Waals surface area contributed by atoms with Crippen molar-refractivity contribution in [3.8, 4) is 0 Å². The van der Waals surface area contributed by atoms with Crippen molar-refractivity contribution < 1.29 is 4.74 Å². The zero-order valence-electron chi connectivity index (χ0n) is 11.3. The van der Waals surface area contributed by atoms with Gasteiger partial charge in [-0.15, -0.1) is 0 Å². The zero-order valence-corrected chi connectivity index (χ0v) is 12.1. The second-order valence-corrected chi connectivity index (χ2v) is 4.50. The van der Waals surface area contributed by atoms with Gasteiger partial charge in [0.2, 0.25) is 11.9 Å². The standard InChI is InChI=1S/C8H12N4O.C4H4ClN3/c9-8-10-2-1-7(11-8)12-3-5-13-6-4-12;5-3-1-2-7-4(6)8-3/h1-2H,3-6H2,(H2,9,10,11);1-2H,(H2,6,7,8). The van der Waals surface area contributed by atoms with E-state index in [9.17, 15) is 0 Å². The van der Waals surface area contributed by atoms with Crippen molar-refractivity contribution in [3.05, 3.63) is 29.7 Å². The Labute approximate surface area is 127 Å². The predicted molar refractivity (Wildman–Crippen MR) is 80.9 cm³/mol. The van der Waals surface area contributed by atoms with E-state index < -0.39 is 0 Å². The third kappa shape index (κ3) is 5.01. The summed E-state index contributed by atoms with van der Waals surface area (Å²) in [4.78, 5) is 17.3. The normalized spacial score (nSPS) is 14.2. The zero-order chi connectivity index (χ0) is 15.1. The summed E-state index contributed by atoms with van der Waals surface area (Å²) in [5, 5.41) is 0.373. The molecule has 0 saturated carbocycles. The number of rotatable bonds is 1. The van der Waals surface area contributed by atoms with Crippen LogP contribution in [0.5, 0.6) is 0 Å². The summed E-state index contributed by atoms with van der Waals surface area (Å²) in [6, 6.07) is 3.43. The maximum absolute atomic E-state index is 5.49. The van der Waals surface area contributed by atoms with Crippen LogP contribution >= 0.6 is 11.6 Å². The Bertz CT molecular complexity index is 560. The molecule has 1 saturated heterocycles. The Morgan fingerprint density at radius 1 is 1.00 bits per heavy atom. The quantitative estimate of drug-likeness (QED) is 0.736. The summed E-state index contributed by atoms with van der Waals surface area (Å²) in [5.41, 5.74) is 10.6. The average molecular weight is 310 g/mol. The number of nitrogen functional groups attached to an aromatic ring is 2. The molecule has 2 aromatic rings. The minimum atomic E-state index is 0.206. The van der Waals surface area contributed by atoms with Gasteiger partial charge in [-0.2, -0.15) is 4.98 Å². The minimum Gasteiger partial charge on any atom is -0.378 e. The van der Waals surface area contributed by atoms with Crippen LogP contribution in [0.2, 0.25) is 5.15 Å². The highest BCUT2D eigenvalue weighted by atomic mass is 35.5. The number of hydrogen-bond donors (Lipinski definition) is 2. The van der Waals surface area contributed by atoms with Crippen LogP contribution in [0.4, 0.5) is 17.7 Å². The van der Waals surface area contributed by atoms with Crippen molar-refractivity contribution in [1.82, 2.24) is 19.9 Å². The van der Waals surface area contributed by atoms with E-state index in [0.29, 0.717) is 11.1 Å². The Balaban J connectivity index is 0.000000173. The van der Waals surface area contributed by atoms with Crippen LogP contribution < -0.4 is 16.4 Å². The number of ether oxygens (including phenoxy) is 1. The Hall–Kier alpha value is -2.19. The van der Waals surface area contributed by atoms with Gasteiger partial charge in [0.1, 0.15) is 11.0 Å². The van der Waals surface area contributed by atoms with Crippen LogP contribution in [-0.4, -0.2) is 46.2 Å². The molecule has 0 amide bonds. The van der Waals surface area contributed by atoms with Crippen molar-refractivity contribution in [1.29, 1.82) is 0 Å². The molecular weight excluding hydrogens is 294 g/mol. The van der Waals surface area contributed by atoms with Crippen molar-refractivity contribution in [2.24, 2.45) is 0 Å². The molecule has 9 heteroatoms. The number of halogens is 1. The van der Waals surface area contributed by atoms with E-state index in [2.05, 4.69) is 24.8 Å². The largest absolute Gasteiger partial charge is 0.378 e. The molecule has 4 N–H and O–H groups in total. The molecule has 0 radical (unpaired) electrons. The second kappa shape index (κ2) is 7.55. The molecule has 8 nitrogen and oxygen atoms in total. The third-order valence-electron chi connectivity index (χ3n) is 2.63. The summed E-state index contributed by atoms with van der Waals surface area (Å²) >= 11 is 5.41. The SMILES string of the molecule is Nc1nccc(Cl)n1.Nc1nccc(N2CCOCC2)n1. The monoisotopic (exact) mass is 309 g/mol. The molecule has 1 fully saturated rings. The van der Waals surface area contributed by atoms with Gasteiger partial charge in [-0.25, -0.2) is 15.0 Å². The van der Waals surface area contributed by atoms with Gasteiger partial charge in [0, 0.05) is 25.5 Å². The fraction of sp³-hybridized carbons (Fsp3) is 0.333. The van der Waals surface area contributed by atoms with E-state index >= 15 is 0 Å². The van der Waals surface area contributed by atoms with E-state index in [1.165, 1.54) is 6.20 Å². The Morgan fingerprint density at radius 3 is 2.14 bits per heavy atom. The van der Waals surface area contributed by atoms with E-state index in [0.717, 1.165) is 32.1 Å². The van der Waals surface area contributed by atoms with Gasteiger partial charge in [0.25, 0.3) is 0 Å². The molecule has 0 spiro atoms. The molecule has 1 aliphatic heterocycles. The summed E-state index contributed by atoms with van der Waals surface area (Å²) in [6.07, 6.45) is 3.18. The van der Waals surface area contributed by atoms with Crippen LogP contribution in [0, 0.1) is 0 Å². The van der Waals surface area contributed by atoms with E-state index in [4.69, 9.17) is 27.8 Å². The smallest absolute Gasteiger partial charge is 0.221 e. The molecule has 21 heavy (non-hydrogen) atoms. The first-order chi connectivity index (χ1) is 10.1. The molecule has 0 bridgehead atoms. The molecule has 0 aromatic carbocycles. The van der Waals surface area contributed by atoms with Gasteiger partial charge in [-0.05, 0) is 12.1 Å². The first-order valence-electron chi connectivity index (χ1n) is 6.30. The highest BCUT2D eigenvalue weighted by Gasteiger charge is 2.11. The third-order valence-corrected chi connectivity index (χ3v) is 2.85. The predicted octanol–water partition coefficient (Wildman–Crippen LogP) is 0.608. The molecule has 0 unspecified atom stereocenters. The molecule has 0 atom stereocenters. The molecule has 112 valence electrons. The molecule has 3 heterocycles. The first-order valence-corrected chi connectivity index (χ1v) is 6.68. The lowest BCUT2D eigenvalue weighted by Gasteiger charge is -2.27. The molecule has 3 rings (SSSR count). The van der Waals surface area contributed by atoms with Gasteiger partial charge in [0.05, 0.1) is 13.2 Å². The van der Waals surface area contributed by atoms with Gasteiger partial charge in [-0.1, -0.05) is 11.6 Å². The first kappa shape index (κ1) is 15.2. The summed E-state index contributed by atoms with van der Waals surface area (Å²) in [6.45, 7) is 3.25. The Morgan fingerprint density at radius 2 is 1.62 bits per heavy atom. The lowest BCUT2D eigenvalue weighted by atomic mass is 10.4. The summed E-state index contributed by atoms with van der Waals surface area (Å²) < 4.78 is 5.24. The van der Waals surface area contributed by atoms with Crippen LogP contribution in [0.3, 0.4) is 0 Å². The summed E-state index contributed by atoms with van der Waals surface area (Å²) in [7, 11) is 0. The fourth-order valence-corrected chi connectivity index (χ4v) is 1.83. The van der Waals surface area contributed by atoms with E-state index in [1.54, 1.807) is 12.3 Å². The van der Waals surface area contributed by atoms with Crippen molar-refractivity contribution in [2.45, 2.75) is 0 Å². The number of anilines is 3. The van der Waals surface area contributed by atoms with Gasteiger partial charge in [-0.3, -0.25) is 0 Å². The van der Waals surface area contributed by atoms with Crippen molar-refractivity contribution in [3.63, 3.8) is 0 Å². The van der Waals surface area contributed by atoms with Crippen LogP contribution in [0.15, 0.2) is 24.5 Å². The lowest BCUT2D eigenvalue weighted by Crippen LogP contribution is -2.36. The molecule has 0 aliphatic carbocycles. The molecule has 1 aliphatic rings. The summed E-state index contributed by atoms with van der Waals surface area (Å²) in [5.74, 6) is 1.41. The molecule has 2 aromatic heterocycles. The number of aromatic nitrogens is 4. The number of hydrogen-bond acceptors (Lipinski definition) is 8. The Kier molecular flexibility index (Phi) is 5.47. The van der Waals surface area contributed by atoms with Gasteiger partial charge in [0.15, 0.2) is 0 Å². The van der Waals surface area contributed by atoms with Crippen LogP contribution in [0.25, 0.3) is 0 Å². The van der Waals surface area contributed by atoms with Crippen LogP contribution in [0.1, 0.15) is 0 Å². The number of nitrogens with zero attached hydrogens (tertiary/aromatic N) is 5. The van der Waals surface area contributed by atoms with E-state index in [-0.39, 0.29) is 5.95 Å². The van der Waals surface area contributed by atoms with Gasteiger partial charge >= 0.3 is 0 Å². The average Bonchev–Trinajstić information content (AvgIpc) is 2.49. The maximum Gasteiger partial charge on any atom is 0.221 e. The van der Waals surface area contributed by atoms with Crippen molar-refractivity contribution >= 4 is 29.3 Å². The van der Waals surface area contributed by atoms with Crippen LogP contribution in [-0.2, 0) is 4.74 Å². The van der Waals surface area contributed by atoms with Crippen molar-refractivity contribution in [2.75, 3.05) is 42.7 Å². The highest BCUT2D eigenvalue weighted by molar-refractivity contribution is 6.29. The fourth-order valence-electron chi connectivity index (χ4n) is 1.68.